The van der Waals surface area contributed by atoms with Gasteiger partial charge in [0.1, 0.15) is 17.6 Å². The summed E-state index contributed by atoms with van der Waals surface area (Å²) in [6, 6.07) is 9.45. The molecule has 112 valence electrons. The van der Waals surface area contributed by atoms with Crippen LogP contribution in [0.2, 0.25) is 0 Å². The Labute approximate surface area is 133 Å². The van der Waals surface area contributed by atoms with Crippen molar-refractivity contribution < 1.29 is 14.6 Å². The van der Waals surface area contributed by atoms with Crippen molar-refractivity contribution in [1.82, 2.24) is 0 Å². The highest BCUT2D eigenvalue weighted by atomic mass is 79.9. The van der Waals surface area contributed by atoms with Gasteiger partial charge in [0.15, 0.2) is 0 Å². The second kappa shape index (κ2) is 6.50. The summed E-state index contributed by atoms with van der Waals surface area (Å²) in [5.41, 5.74) is 3.74. The van der Waals surface area contributed by atoms with E-state index in [4.69, 9.17) is 9.47 Å². The summed E-state index contributed by atoms with van der Waals surface area (Å²) in [5.74, 6) is 1.32. The van der Waals surface area contributed by atoms with Crippen molar-refractivity contribution >= 4 is 15.9 Å². The van der Waals surface area contributed by atoms with Gasteiger partial charge in [0.2, 0.25) is 0 Å². The third-order valence-corrected chi connectivity index (χ3v) is 4.39. The normalized spacial score (nSPS) is 12.1. The van der Waals surface area contributed by atoms with Gasteiger partial charge in [-0.05, 0) is 54.3 Å². The molecule has 1 unspecified atom stereocenters. The molecule has 0 bridgehead atoms. The van der Waals surface area contributed by atoms with Gasteiger partial charge in [-0.15, -0.1) is 0 Å². The van der Waals surface area contributed by atoms with Crippen LogP contribution in [0.25, 0.3) is 0 Å². The fraction of sp³-hybridized carbons (Fsp3) is 0.294. The molecule has 0 amide bonds. The van der Waals surface area contributed by atoms with Crippen LogP contribution >= 0.6 is 15.9 Å². The van der Waals surface area contributed by atoms with E-state index in [0.717, 1.165) is 26.7 Å². The molecule has 0 heterocycles. The van der Waals surface area contributed by atoms with Gasteiger partial charge < -0.3 is 14.6 Å². The van der Waals surface area contributed by atoms with Crippen LogP contribution < -0.4 is 9.47 Å². The summed E-state index contributed by atoms with van der Waals surface area (Å²) in [6.45, 7) is 3.99. The molecule has 1 atom stereocenters. The molecule has 0 saturated carbocycles. The molecule has 4 heteroatoms. The SMILES string of the molecule is COc1cc(OC)cc(C(O)c2cc(C)c(Br)cc2C)c1. The first-order chi connectivity index (χ1) is 9.96. The lowest BCUT2D eigenvalue weighted by molar-refractivity contribution is 0.218. The Balaban J connectivity index is 2.49. The quantitative estimate of drug-likeness (QED) is 0.899. The predicted octanol–water partition coefficient (Wildman–Crippen LogP) is 4.16. The lowest BCUT2D eigenvalue weighted by atomic mass is 9.95. The highest BCUT2D eigenvalue weighted by Gasteiger charge is 2.16. The van der Waals surface area contributed by atoms with Crippen molar-refractivity contribution in [3.8, 4) is 11.5 Å². The maximum atomic E-state index is 10.7. The van der Waals surface area contributed by atoms with E-state index in [-0.39, 0.29) is 0 Å². The van der Waals surface area contributed by atoms with Gasteiger partial charge in [-0.25, -0.2) is 0 Å². The molecule has 0 saturated heterocycles. The van der Waals surface area contributed by atoms with Gasteiger partial charge >= 0.3 is 0 Å². The molecule has 3 nitrogen and oxygen atoms in total. The van der Waals surface area contributed by atoms with Crippen LogP contribution in [0.15, 0.2) is 34.8 Å². The van der Waals surface area contributed by atoms with Crippen molar-refractivity contribution in [3.05, 3.63) is 57.1 Å². The van der Waals surface area contributed by atoms with E-state index in [1.54, 1.807) is 20.3 Å². The molecule has 0 spiro atoms. The number of aliphatic hydroxyl groups excluding tert-OH is 1. The van der Waals surface area contributed by atoms with E-state index in [1.807, 2.05) is 38.1 Å². The Morgan fingerprint density at radius 2 is 1.48 bits per heavy atom. The standard InChI is InChI=1S/C17H19BrO3/c1-10-6-16(18)11(2)5-15(10)17(19)12-7-13(20-3)9-14(8-12)21-4/h5-9,17,19H,1-4H3. The number of methoxy groups -OCH3 is 2. The van der Waals surface area contributed by atoms with Gasteiger partial charge in [-0.1, -0.05) is 22.0 Å². The van der Waals surface area contributed by atoms with Gasteiger partial charge in [0.25, 0.3) is 0 Å². The lowest BCUT2D eigenvalue weighted by Crippen LogP contribution is -2.04. The monoisotopic (exact) mass is 350 g/mol. The first-order valence-electron chi connectivity index (χ1n) is 6.64. The van der Waals surface area contributed by atoms with Crippen LogP contribution in [-0.4, -0.2) is 19.3 Å². The molecule has 0 aromatic heterocycles. The summed E-state index contributed by atoms with van der Waals surface area (Å²) in [4.78, 5) is 0. The maximum absolute atomic E-state index is 10.7. The van der Waals surface area contributed by atoms with Gasteiger partial charge in [0.05, 0.1) is 14.2 Å². The Kier molecular flexibility index (Phi) is 4.91. The molecule has 0 radical (unpaired) electrons. The molecular formula is C17H19BrO3. The van der Waals surface area contributed by atoms with Gasteiger partial charge in [-0.2, -0.15) is 0 Å². The molecule has 0 aliphatic heterocycles. The van der Waals surface area contributed by atoms with E-state index < -0.39 is 6.10 Å². The summed E-state index contributed by atoms with van der Waals surface area (Å²) in [5, 5.41) is 10.7. The zero-order valence-electron chi connectivity index (χ0n) is 12.6. The smallest absolute Gasteiger partial charge is 0.122 e. The first-order valence-corrected chi connectivity index (χ1v) is 7.43. The molecule has 21 heavy (non-hydrogen) atoms. The highest BCUT2D eigenvalue weighted by Crippen LogP contribution is 2.33. The average molecular weight is 351 g/mol. The fourth-order valence-electron chi connectivity index (χ4n) is 2.26. The zero-order valence-corrected chi connectivity index (χ0v) is 14.2. The highest BCUT2D eigenvalue weighted by molar-refractivity contribution is 9.10. The van der Waals surface area contributed by atoms with Crippen molar-refractivity contribution in [3.63, 3.8) is 0 Å². The Bertz CT molecular complexity index is 630. The number of ether oxygens (including phenoxy) is 2. The van der Waals surface area contributed by atoms with E-state index in [1.165, 1.54) is 0 Å². The van der Waals surface area contributed by atoms with Crippen LogP contribution in [-0.2, 0) is 0 Å². The van der Waals surface area contributed by atoms with Crippen molar-refractivity contribution in [2.24, 2.45) is 0 Å². The molecular weight excluding hydrogens is 332 g/mol. The van der Waals surface area contributed by atoms with Crippen LogP contribution in [0.5, 0.6) is 11.5 Å². The number of hydrogen-bond acceptors (Lipinski definition) is 3. The van der Waals surface area contributed by atoms with Crippen molar-refractivity contribution in [2.45, 2.75) is 20.0 Å². The van der Waals surface area contributed by atoms with Gasteiger partial charge in [0, 0.05) is 10.5 Å². The molecule has 2 aromatic rings. The third-order valence-electron chi connectivity index (χ3n) is 3.53. The predicted molar refractivity (Wildman–Crippen MR) is 87.2 cm³/mol. The number of hydrogen-bond donors (Lipinski definition) is 1. The summed E-state index contributed by atoms with van der Waals surface area (Å²) in [6.07, 6.45) is -0.721. The topological polar surface area (TPSA) is 38.7 Å². The molecule has 0 fully saturated rings. The van der Waals surface area contributed by atoms with Gasteiger partial charge in [-0.3, -0.25) is 0 Å². The van der Waals surface area contributed by atoms with E-state index in [9.17, 15) is 5.11 Å². The summed E-state index contributed by atoms with van der Waals surface area (Å²) >= 11 is 3.51. The number of aliphatic hydroxyl groups is 1. The van der Waals surface area contributed by atoms with E-state index >= 15 is 0 Å². The number of rotatable bonds is 4. The molecule has 1 N–H and O–H groups in total. The average Bonchev–Trinajstić information content (AvgIpc) is 2.49. The zero-order chi connectivity index (χ0) is 15.6. The Morgan fingerprint density at radius 3 is 2.00 bits per heavy atom. The van der Waals surface area contributed by atoms with Crippen LogP contribution in [0.4, 0.5) is 0 Å². The Hall–Kier alpha value is -1.52. The van der Waals surface area contributed by atoms with Crippen LogP contribution in [0.3, 0.4) is 0 Å². The molecule has 2 rings (SSSR count). The van der Waals surface area contributed by atoms with Crippen LogP contribution in [0.1, 0.15) is 28.4 Å². The van der Waals surface area contributed by atoms with E-state index in [2.05, 4.69) is 15.9 Å². The maximum Gasteiger partial charge on any atom is 0.122 e. The molecule has 2 aromatic carbocycles. The first kappa shape index (κ1) is 15.9. The third kappa shape index (κ3) is 3.39. The Morgan fingerprint density at radius 1 is 0.905 bits per heavy atom. The van der Waals surface area contributed by atoms with Crippen molar-refractivity contribution in [2.75, 3.05) is 14.2 Å². The largest absolute Gasteiger partial charge is 0.497 e. The fourth-order valence-corrected chi connectivity index (χ4v) is 2.72. The minimum Gasteiger partial charge on any atom is -0.497 e. The minimum atomic E-state index is -0.721. The number of halogens is 1. The number of benzene rings is 2. The second-order valence-electron chi connectivity index (χ2n) is 5.01. The second-order valence-corrected chi connectivity index (χ2v) is 5.86. The molecule has 0 aliphatic rings. The summed E-state index contributed by atoms with van der Waals surface area (Å²) in [7, 11) is 3.19. The minimum absolute atomic E-state index is 0.662. The number of aryl methyl sites for hydroxylation is 2. The van der Waals surface area contributed by atoms with E-state index in [0.29, 0.717) is 11.5 Å². The lowest BCUT2D eigenvalue weighted by Gasteiger charge is -2.17. The summed E-state index contributed by atoms with van der Waals surface area (Å²) < 4.78 is 11.6. The van der Waals surface area contributed by atoms with Crippen LogP contribution in [0, 0.1) is 13.8 Å². The van der Waals surface area contributed by atoms with Crippen molar-refractivity contribution in [1.29, 1.82) is 0 Å². The molecule has 0 aliphatic carbocycles.